The Labute approximate surface area is 182 Å². The number of hydrogen-bond donors (Lipinski definition) is 1. The van der Waals surface area contributed by atoms with Crippen molar-refractivity contribution in [2.45, 2.75) is 50.7 Å². The fourth-order valence-corrected chi connectivity index (χ4v) is 3.65. The molecule has 0 radical (unpaired) electrons. The van der Waals surface area contributed by atoms with E-state index < -0.39 is 0 Å². The maximum atomic E-state index is 12.1. The monoisotopic (exact) mass is 424 g/mol. The molecule has 158 valence electrons. The number of anilines is 1. The van der Waals surface area contributed by atoms with Crippen LogP contribution in [0.4, 0.5) is 5.82 Å². The zero-order chi connectivity index (χ0) is 21.5. The van der Waals surface area contributed by atoms with E-state index in [4.69, 9.17) is 9.40 Å². The molecule has 30 heavy (non-hydrogen) atoms. The summed E-state index contributed by atoms with van der Waals surface area (Å²) < 4.78 is 5.68. The van der Waals surface area contributed by atoms with Crippen LogP contribution >= 0.6 is 11.8 Å². The Morgan fingerprint density at radius 1 is 1.17 bits per heavy atom. The van der Waals surface area contributed by atoms with Crippen molar-refractivity contribution in [3.63, 3.8) is 0 Å². The van der Waals surface area contributed by atoms with E-state index in [1.807, 2.05) is 51.2 Å². The molecule has 0 saturated heterocycles. The summed E-state index contributed by atoms with van der Waals surface area (Å²) in [5.74, 6) is 2.30. The summed E-state index contributed by atoms with van der Waals surface area (Å²) in [7, 11) is 2.04. The summed E-state index contributed by atoms with van der Waals surface area (Å²) in [6.45, 7) is 6.70. The molecule has 0 spiro atoms. The Morgan fingerprint density at radius 3 is 2.63 bits per heavy atom. The van der Waals surface area contributed by atoms with Gasteiger partial charge in [0.25, 0.3) is 5.91 Å². The number of aromatic nitrogens is 2. The third-order valence-electron chi connectivity index (χ3n) is 4.41. The lowest BCUT2D eigenvalue weighted by Gasteiger charge is -2.19. The number of furan rings is 1. The molecule has 0 saturated carbocycles. The second-order valence-electron chi connectivity index (χ2n) is 7.38. The number of carbonyl (C=O) groups is 1. The van der Waals surface area contributed by atoms with E-state index in [0.29, 0.717) is 16.7 Å². The number of aryl methyl sites for hydroxylation is 1. The van der Waals surface area contributed by atoms with Gasteiger partial charge in [-0.2, -0.15) is 0 Å². The molecule has 2 aromatic heterocycles. The molecule has 7 heteroatoms. The SMILES string of the molecule is CCc1cc(N(C)Cc2ccccc2)nc(SCc2ccc(C(=O)NC(C)C)o2)n1. The molecule has 0 aliphatic rings. The van der Waals surface area contributed by atoms with Crippen LogP contribution < -0.4 is 10.2 Å². The van der Waals surface area contributed by atoms with E-state index in [9.17, 15) is 4.79 Å². The van der Waals surface area contributed by atoms with Crippen LogP contribution in [0.3, 0.4) is 0 Å². The van der Waals surface area contributed by atoms with Crippen molar-refractivity contribution in [3.05, 3.63) is 71.3 Å². The van der Waals surface area contributed by atoms with Crippen LogP contribution in [0.25, 0.3) is 0 Å². The topological polar surface area (TPSA) is 71.3 Å². The largest absolute Gasteiger partial charge is 0.455 e. The molecular formula is C23H28N4O2S. The van der Waals surface area contributed by atoms with Gasteiger partial charge in [-0.15, -0.1) is 0 Å². The number of hydrogen-bond acceptors (Lipinski definition) is 6. The molecule has 6 nitrogen and oxygen atoms in total. The molecule has 2 heterocycles. The van der Waals surface area contributed by atoms with Gasteiger partial charge in [-0.3, -0.25) is 4.79 Å². The molecule has 1 N–H and O–H groups in total. The van der Waals surface area contributed by atoms with Crippen molar-refractivity contribution in [1.29, 1.82) is 0 Å². The van der Waals surface area contributed by atoms with Crippen LogP contribution in [0.2, 0.25) is 0 Å². The van der Waals surface area contributed by atoms with Gasteiger partial charge in [-0.05, 0) is 38.0 Å². The highest BCUT2D eigenvalue weighted by molar-refractivity contribution is 7.98. The summed E-state index contributed by atoms with van der Waals surface area (Å²) in [5.41, 5.74) is 2.23. The number of rotatable bonds is 9. The molecule has 3 rings (SSSR count). The van der Waals surface area contributed by atoms with Crippen molar-refractivity contribution in [3.8, 4) is 0 Å². The lowest BCUT2D eigenvalue weighted by Crippen LogP contribution is -2.29. The van der Waals surface area contributed by atoms with Gasteiger partial charge >= 0.3 is 0 Å². The number of benzene rings is 1. The van der Waals surface area contributed by atoms with Gasteiger partial charge in [0.05, 0.1) is 5.75 Å². The van der Waals surface area contributed by atoms with Gasteiger partial charge < -0.3 is 14.6 Å². The minimum absolute atomic E-state index is 0.0666. The lowest BCUT2D eigenvalue weighted by molar-refractivity contribution is 0.0913. The second-order valence-corrected chi connectivity index (χ2v) is 8.32. The third-order valence-corrected chi connectivity index (χ3v) is 5.28. The van der Waals surface area contributed by atoms with Crippen LogP contribution in [0, 0.1) is 0 Å². The molecule has 0 bridgehead atoms. The Hall–Kier alpha value is -2.80. The fourth-order valence-electron chi connectivity index (χ4n) is 2.89. The van der Waals surface area contributed by atoms with Crippen LogP contribution in [0.5, 0.6) is 0 Å². The molecule has 0 unspecified atom stereocenters. The Balaban J connectivity index is 1.68. The molecular weight excluding hydrogens is 396 g/mol. The second kappa shape index (κ2) is 10.3. The Kier molecular flexibility index (Phi) is 7.52. The summed E-state index contributed by atoms with van der Waals surface area (Å²) in [6, 6.07) is 16.0. The normalized spacial score (nSPS) is 11.0. The zero-order valence-electron chi connectivity index (χ0n) is 17.9. The first-order valence-corrected chi connectivity index (χ1v) is 11.1. The first kappa shape index (κ1) is 21.9. The Bertz CT molecular complexity index is 972. The molecule has 3 aromatic rings. The Morgan fingerprint density at radius 2 is 1.93 bits per heavy atom. The van der Waals surface area contributed by atoms with Gasteiger partial charge in [-0.25, -0.2) is 9.97 Å². The average molecular weight is 425 g/mol. The molecule has 0 atom stereocenters. The molecule has 1 aromatic carbocycles. The van der Waals surface area contributed by atoms with E-state index in [-0.39, 0.29) is 11.9 Å². The van der Waals surface area contributed by atoms with E-state index in [2.05, 4.69) is 34.3 Å². The predicted octanol–water partition coefficient (Wildman–Crippen LogP) is 4.70. The maximum Gasteiger partial charge on any atom is 0.287 e. The first-order valence-electron chi connectivity index (χ1n) is 10.1. The molecule has 1 amide bonds. The van der Waals surface area contributed by atoms with E-state index in [1.54, 1.807) is 6.07 Å². The number of nitrogens with one attached hydrogen (secondary N) is 1. The van der Waals surface area contributed by atoms with Crippen molar-refractivity contribution in [2.24, 2.45) is 0 Å². The smallest absolute Gasteiger partial charge is 0.287 e. The standard InChI is InChI=1S/C23H28N4O2S/c1-5-18-13-21(27(4)14-17-9-7-6-8-10-17)26-23(25-18)30-15-19-11-12-20(29-19)22(28)24-16(2)3/h6-13,16H,5,14-15H2,1-4H3,(H,24,28). The summed E-state index contributed by atoms with van der Waals surface area (Å²) in [6.07, 6.45) is 0.836. The van der Waals surface area contributed by atoms with Crippen molar-refractivity contribution in [2.75, 3.05) is 11.9 Å². The van der Waals surface area contributed by atoms with E-state index in [1.165, 1.54) is 17.3 Å². The van der Waals surface area contributed by atoms with Gasteiger partial charge in [0.1, 0.15) is 11.6 Å². The minimum atomic E-state index is -0.199. The van der Waals surface area contributed by atoms with Crippen molar-refractivity contribution in [1.82, 2.24) is 15.3 Å². The van der Waals surface area contributed by atoms with E-state index in [0.717, 1.165) is 30.2 Å². The number of amides is 1. The molecule has 0 fully saturated rings. The first-order chi connectivity index (χ1) is 14.4. The zero-order valence-corrected chi connectivity index (χ0v) is 18.7. The lowest BCUT2D eigenvalue weighted by atomic mass is 10.2. The van der Waals surface area contributed by atoms with Gasteiger partial charge in [0.15, 0.2) is 10.9 Å². The summed E-state index contributed by atoms with van der Waals surface area (Å²) in [5, 5.41) is 3.53. The van der Waals surface area contributed by atoms with Crippen LogP contribution in [-0.2, 0) is 18.7 Å². The number of thioether (sulfide) groups is 1. The summed E-state index contributed by atoms with van der Waals surface area (Å²) in [4.78, 5) is 23.6. The fraction of sp³-hybridized carbons (Fsp3) is 0.348. The number of carbonyl (C=O) groups excluding carboxylic acids is 1. The average Bonchev–Trinajstić information content (AvgIpc) is 3.21. The highest BCUT2D eigenvalue weighted by Crippen LogP contribution is 2.24. The maximum absolute atomic E-state index is 12.1. The van der Waals surface area contributed by atoms with Crippen LogP contribution in [-0.4, -0.2) is 29.0 Å². The van der Waals surface area contributed by atoms with Crippen molar-refractivity contribution >= 4 is 23.5 Å². The number of nitrogens with zero attached hydrogens (tertiary/aromatic N) is 3. The van der Waals surface area contributed by atoms with Crippen molar-refractivity contribution < 1.29 is 9.21 Å². The molecule has 0 aliphatic heterocycles. The highest BCUT2D eigenvalue weighted by atomic mass is 32.2. The van der Waals surface area contributed by atoms with Crippen LogP contribution in [0.15, 0.2) is 58.1 Å². The summed E-state index contributed by atoms with van der Waals surface area (Å²) >= 11 is 1.51. The van der Waals surface area contributed by atoms with Crippen LogP contribution in [0.1, 0.15) is 48.3 Å². The third kappa shape index (κ3) is 6.10. The van der Waals surface area contributed by atoms with Gasteiger partial charge in [-0.1, -0.05) is 49.0 Å². The minimum Gasteiger partial charge on any atom is -0.455 e. The quantitative estimate of drug-likeness (QED) is 0.397. The predicted molar refractivity (Wildman–Crippen MR) is 121 cm³/mol. The van der Waals surface area contributed by atoms with Gasteiger partial charge in [0.2, 0.25) is 0 Å². The molecule has 0 aliphatic carbocycles. The van der Waals surface area contributed by atoms with Gasteiger partial charge in [0, 0.05) is 31.4 Å². The highest BCUT2D eigenvalue weighted by Gasteiger charge is 2.14. The van der Waals surface area contributed by atoms with E-state index >= 15 is 0 Å².